The van der Waals surface area contributed by atoms with E-state index < -0.39 is 0 Å². The van der Waals surface area contributed by atoms with Crippen LogP contribution in [0.15, 0.2) is 12.2 Å². The molecule has 0 heteroatoms. The van der Waals surface area contributed by atoms with E-state index in [2.05, 4.69) is 48.1 Å². The Morgan fingerprint density at radius 1 is 0.867 bits per heavy atom. The van der Waals surface area contributed by atoms with Crippen molar-refractivity contribution in [2.24, 2.45) is 10.8 Å². The van der Waals surface area contributed by atoms with E-state index in [4.69, 9.17) is 0 Å². The van der Waals surface area contributed by atoms with Crippen LogP contribution in [0, 0.1) is 10.8 Å². The zero-order valence-corrected chi connectivity index (χ0v) is 12.9. The van der Waals surface area contributed by atoms with Crippen molar-refractivity contribution in [2.75, 3.05) is 0 Å². The summed E-state index contributed by atoms with van der Waals surface area (Å²) in [7, 11) is 0. The summed E-state index contributed by atoms with van der Waals surface area (Å²) in [6.07, 6.45) is 1.20. The summed E-state index contributed by atoms with van der Waals surface area (Å²) in [6.45, 7) is 25.5. The van der Waals surface area contributed by atoms with Gasteiger partial charge in [0.05, 0.1) is 0 Å². The molecule has 0 atom stereocenters. The Morgan fingerprint density at radius 3 is 1.20 bits per heavy atom. The summed E-state index contributed by atoms with van der Waals surface area (Å²) < 4.78 is 0. The molecule has 0 aliphatic heterocycles. The van der Waals surface area contributed by atoms with Gasteiger partial charge in [-0.05, 0) is 24.2 Å². The second-order valence-electron chi connectivity index (χ2n) is 5.40. The van der Waals surface area contributed by atoms with E-state index >= 15 is 0 Å². The maximum Gasteiger partial charge on any atom is -0.0145 e. The molecule has 0 unspecified atom stereocenters. The Hall–Kier alpha value is -0.260. The first-order chi connectivity index (χ1) is 6.65. The van der Waals surface area contributed by atoms with E-state index in [1.165, 1.54) is 12.0 Å². The lowest BCUT2D eigenvalue weighted by Crippen LogP contribution is -2.21. The first-order valence-corrected chi connectivity index (χ1v) is 6.31. The van der Waals surface area contributed by atoms with Gasteiger partial charge in [-0.15, -0.1) is 0 Å². The van der Waals surface area contributed by atoms with E-state index in [1.54, 1.807) is 0 Å². The van der Waals surface area contributed by atoms with E-state index in [1.807, 2.05) is 27.7 Å². The summed E-state index contributed by atoms with van der Waals surface area (Å²) in [6, 6.07) is 0. The third kappa shape index (κ3) is 13.7. The van der Waals surface area contributed by atoms with Gasteiger partial charge in [0.1, 0.15) is 0 Å². The van der Waals surface area contributed by atoms with Crippen LogP contribution in [0.25, 0.3) is 0 Å². The van der Waals surface area contributed by atoms with Gasteiger partial charge < -0.3 is 0 Å². The third-order valence-corrected chi connectivity index (χ3v) is 2.13. The van der Waals surface area contributed by atoms with Crippen LogP contribution in [0.4, 0.5) is 0 Å². The average molecular weight is 214 g/mol. The van der Waals surface area contributed by atoms with E-state index in [0.717, 1.165) is 0 Å². The quantitative estimate of drug-likeness (QED) is 0.489. The molecule has 0 saturated heterocycles. The summed E-state index contributed by atoms with van der Waals surface area (Å²) in [5.74, 6) is 0. The maximum absolute atomic E-state index is 4.01. The molecule has 0 N–H and O–H groups in total. The molecule has 0 fully saturated rings. The van der Waals surface area contributed by atoms with Gasteiger partial charge in [-0.3, -0.25) is 0 Å². The predicted octanol–water partition coefficient (Wildman–Crippen LogP) is 6.08. The molecule has 0 amide bonds. The van der Waals surface area contributed by atoms with Crippen molar-refractivity contribution >= 4 is 0 Å². The minimum atomic E-state index is 0.290. The SMILES string of the molecule is C=C(C)C(C)(C)CC(C)(C)C.CC.CC. The first kappa shape index (κ1) is 20.2. The van der Waals surface area contributed by atoms with Crippen molar-refractivity contribution in [1.29, 1.82) is 0 Å². The average Bonchev–Trinajstić information content (AvgIpc) is 2.07. The smallest absolute Gasteiger partial charge is 0.0145 e. The fourth-order valence-corrected chi connectivity index (χ4v) is 1.48. The van der Waals surface area contributed by atoms with E-state index in [0.29, 0.717) is 5.41 Å². The van der Waals surface area contributed by atoms with Gasteiger partial charge in [0, 0.05) is 0 Å². The van der Waals surface area contributed by atoms with Crippen molar-refractivity contribution < 1.29 is 0 Å². The molecule has 0 aliphatic carbocycles. The topological polar surface area (TPSA) is 0 Å². The Morgan fingerprint density at radius 2 is 1.13 bits per heavy atom. The highest BCUT2D eigenvalue weighted by molar-refractivity contribution is 5.04. The minimum absolute atomic E-state index is 0.290. The van der Waals surface area contributed by atoms with Crippen LogP contribution in [-0.2, 0) is 0 Å². The van der Waals surface area contributed by atoms with Gasteiger partial charge in [0.2, 0.25) is 0 Å². The molecule has 0 aliphatic rings. The van der Waals surface area contributed by atoms with Gasteiger partial charge in [-0.25, -0.2) is 0 Å². The Balaban J connectivity index is -0.000000318. The van der Waals surface area contributed by atoms with Crippen molar-refractivity contribution in [3.63, 3.8) is 0 Å². The largest absolute Gasteiger partial charge is 0.0996 e. The van der Waals surface area contributed by atoms with Crippen molar-refractivity contribution in [3.05, 3.63) is 12.2 Å². The summed E-state index contributed by atoms with van der Waals surface area (Å²) in [5.41, 5.74) is 1.98. The molecule has 0 heterocycles. The van der Waals surface area contributed by atoms with E-state index in [-0.39, 0.29) is 5.41 Å². The van der Waals surface area contributed by atoms with Crippen molar-refractivity contribution in [3.8, 4) is 0 Å². The second-order valence-corrected chi connectivity index (χ2v) is 5.40. The molecule has 0 nitrogen and oxygen atoms in total. The van der Waals surface area contributed by atoms with Crippen LogP contribution in [0.5, 0.6) is 0 Å². The van der Waals surface area contributed by atoms with E-state index in [9.17, 15) is 0 Å². The third-order valence-electron chi connectivity index (χ3n) is 2.13. The number of hydrogen-bond donors (Lipinski definition) is 0. The Kier molecular flexibility index (Phi) is 12.1. The van der Waals surface area contributed by atoms with Crippen LogP contribution < -0.4 is 0 Å². The predicted molar refractivity (Wildman–Crippen MR) is 75.4 cm³/mol. The molecule has 0 rings (SSSR count). The summed E-state index contributed by atoms with van der Waals surface area (Å²) in [4.78, 5) is 0. The summed E-state index contributed by atoms with van der Waals surface area (Å²) >= 11 is 0. The highest BCUT2D eigenvalue weighted by Crippen LogP contribution is 2.37. The van der Waals surface area contributed by atoms with Crippen LogP contribution in [0.3, 0.4) is 0 Å². The minimum Gasteiger partial charge on any atom is -0.0996 e. The standard InChI is InChI=1S/C11H22.2C2H6/c1-9(2)11(6,7)8-10(3,4)5;2*1-2/h1,8H2,2-7H3;2*1-2H3. The van der Waals surface area contributed by atoms with Crippen LogP contribution in [-0.4, -0.2) is 0 Å². The van der Waals surface area contributed by atoms with Crippen molar-refractivity contribution in [2.45, 2.75) is 75.7 Å². The second kappa shape index (κ2) is 9.00. The lowest BCUT2D eigenvalue weighted by atomic mass is 9.73. The zero-order chi connectivity index (χ0) is 13.3. The molecule has 0 saturated carbocycles. The zero-order valence-electron chi connectivity index (χ0n) is 12.9. The van der Waals surface area contributed by atoms with Gasteiger partial charge in [-0.1, -0.05) is 74.5 Å². The highest BCUT2D eigenvalue weighted by atomic mass is 14.3. The van der Waals surface area contributed by atoms with Crippen LogP contribution in [0.1, 0.15) is 75.7 Å². The Bertz CT molecular complexity index is 144. The molecule has 0 aromatic heterocycles. The highest BCUT2D eigenvalue weighted by Gasteiger charge is 2.25. The molecule has 15 heavy (non-hydrogen) atoms. The lowest BCUT2D eigenvalue weighted by Gasteiger charge is -2.32. The van der Waals surface area contributed by atoms with Gasteiger partial charge in [0.15, 0.2) is 0 Å². The molecule has 0 spiro atoms. The van der Waals surface area contributed by atoms with Crippen LogP contribution in [0.2, 0.25) is 0 Å². The Labute approximate surface area is 99.2 Å². The normalized spacial score (nSPS) is 10.5. The van der Waals surface area contributed by atoms with Crippen molar-refractivity contribution in [1.82, 2.24) is 0 Å². The monoisotopic (exact) mass is 214 g/mol. The molecule has 0 bridgehead atoms. The molecular weight excluding hydrogens is 180 g/mol. The fraction of sp³-hybridized carbons (Fsp3) is 0.867. The summed E-state index contributed by atoms with van der Waals surface area (Å²) in [5, 5.41) is 0. The molecule has 94 valence electrons. The molecular formula is C15H34. The van der Waals surface area contributed by atoms with Gasteiger partial charge in [-0.2, -0.15) is 0 Å². The van der Waals surface area contributed by atoms with Crippen LogP contribution >= 0.6 is 0 Å². The molecule has 0 radical (unpaired) electrons. The number of rotatable bonds is 2. The maximum atomic E-state index is 4.01. The van der Waals surface area contributed by atoms with Gasteiger partial charge in [0.25, 0.3) is 0 Å². The number of allylic oxidation sites excluding steroid dienone is 1. The first-order valence-electron chi connectivity index (χ1n) is 6.31. The molecule has 0 aromatic carbocycles. The lowest BCUT2D eigenvalue weighted by molar-refractivity contribution is 0.250. The molecule has 0 aromatic rings. The fourth-order valence-electron chi connectivity index (χ4n) is 1.48. The number of hydrogen-bond acceptors (Lipinski definition) is 0. The van der Waals surface area contributed by atoms with Gasteiger partial charge >= 0.3 is 0 Å².